The minimum Gasteiger partial charge on any atom is -0.393 e. The van der Waals surface area contributed by atoms with Crippen molar-refractivity contribution in [3.63, 3.8) is 0 Å². The number of benzene rings is 1. The van der Waals surface area contributed by atoms with E-state index in [9.17, 15) is 0 Å². The molecule has 0 amide bonds. The molecule has 1 N–H and O–H groups in total. The Morgan fingerprint density at radius 1 is 1.29 bits per heavy atom. The summed E-state index contributed by atoms with van der Waals surface area (Å²) in [6.45, 7) is 2.11. The lowest BCUT2D eigenvalue weighted by atomic mass is 10.1. The van der Waals surface area contributed by atoms with Gasteiger partial charge in [-0.05, 0) is 32.0 Å². The van der Waals surface area contributed by atoms with Crippen LogP contribution in [0.15, 0.2) is 23.1 Å². The Labute approximate surface area is 118 Å². The summed E-state index contributed by atoms with van der Waals surface area (Å²) in [7, 11) is 2.09. The molecule has 1 aliphatic rings. The predicted octanol–water partition coefficient (Wildman–Crippen LogP) is 3.36. The van der Waals surface area contributed by atoms with Crippen LogP contribution in [0.25, 0.3) is 0 Å². The molecule has 0 aromatic heterocycles. The van der Waals surface area contributed by atoms with E-state index in [4.69, 9.17) is 28.3 Å². The van der Waals surface area contributed by atoms with Crippen LogP contribution in [0.1, 0.15) is 12.8 Å². The molecule has 0 radical (unpaired) electrons. The number of nitrogens with zero attached hydrogens (tertiary/aromatic N) is 1. The van der Waals surface area contributed by atoms with Gasteiger partial charge in [-0.15, -0.1) is 12.6 Å². The van der Waals surface area contributed by atoms with Gasteiger partial charge in [0.1, 0.15) is 0 Å². The van der Waals surface area contributed by atoms with E-state index in [1.54, 1.807) is 18.2 Å². The van der Waals surface area contributed by atoms with Crippen molar-refractivity contribution in [3.05, 3.63) is 28.2 Å². The van der Waals surface area contributed by atoms with E-state index in [-0.39, 0.29) is 6.10 Å². The van der Waals surface area contributed by atoms with Gasteiger partial charge in [0.15, 0.2) is 0 Å². The minimum atomic E-state index is -0.0220. The molecule has 96 valence electrons. The van der Waals surface area contributed by atoms with E-state index in [0.29, 0.717) is 14.9 Å². The standard InChI is InChI=1S/C6H4Cl2S.C6H13NO/c7-4-2-1-3-5(9)6(4)8;1-7-4-2-6(8)3-5-7/h1-3,9H;6,8H,2-5H2,1H3. The number of hydrogen-bond acceptors (Lipinski definition) is 3. The van der Waals surface area contributed by atoms with Crippen LogP contribution in [0.2, 0.25) is 10.0 Å². The Morgan fingerprint density at radius 3 is 2.29 bits per heavy atom. The van der Waals surface area contributed by atoms with Gasteiger partial charge in [-0.25, -0.2) is 0 Å². The lowest BCUT2D eigenvalue weighted by Gasteiger charge is -2.25. The third-order valence-electron chi connectivity index (χ3n) is 2.62. The first kappa shape index (κ1) is 15.1. The maximum absolute atomic E-state index is 9.00. The Morgan fingerprint density at radius 2 is 1.88 bits per heavy atom. The summed E-state index contributed by atoms with van der Waals surface area (Å²) in [5, 5.41) is 10.1. The van der Waals surface area contributed by atoms with Crippen molar-refractivity contribution in [3.8, 4) is 0 Å². The molecular weight excluding hydrogens is 277 g/mol. The topological polar surface area (TPSA) is 23.5 Å². The van der Waals surface area contributed by atoms with E-state index in [1.807, 2.05) is 0 Å². The smallest absolute Gasteiger partial charge is 0.0725 e. The van der Waals surface area contributed by atoms with E-state index in [2.05, 4.69) is 24.6 Å². The Bertz CT molecular complexity index is 324. The number of halogens is 2. The molecule has 0 bridgehead atoms. The third-order valence-corrected chi connectivity index (χ3v) is 3.94. The van der Waals surface area contributed by atoms with Gasteiger partial charge >= 0.3 is 0 Å². The summed E-state index contributed by atoms with van der Waals surface area (Å²) in [5.41, 5.74) is 0. The molecule has 0 atom stereocenters. The molecule has 2 rings (SSSR count). The van der Waals surface area contributed by atoms with Gasteiger partial charge in [0.2, 0.25) is 0 Å². The summed E-state index contributed by atoms with van der Waals surface area (Å²) >= 11 is 15.4. The number of hydrogen-bond donors (Lipinski definition) is 2. The second kappa shape index (κ2) is 7.49. The maximum Gasteiger partial charge on any atom is 0.0725 e. The molecule has 1 saturated heterocycles. The fourth-order valence-electron chi connectivity index (χ4n) is 1.49. The Hall–Kier alpha value is 0.0700. The fourth-order valence-corrected chi connectivity index (χ4v) is 2.06. The highest BCUT2D eigenvalue weighted by atomic mass is 35.5. The number of aliphatic hydroxyl groups excluding tert-OH is 1. The lowest BCUT2D eigenvalue weighted by molar-refractivity contribution is 0.0943. The van der Waals surface area contributed by atoms with Gasteiger partial charge in [-0.3, -0.25) is 0 Å². The molecule has 0 spiro atoms. The Kier molecular flexibility index (Phi) is 6.67. The number of rotatable bonds is 0. The second-order valence-electron chi connectivity index (χ2n) is 4.11. The number of likely N-dealkylation sites (tertiary alicyclic amines) is 1. The summed E-state index contributed by atoms with van der Waals surface area (Å²) in [5.74, 6) is 0. The summed E-state index contributed by atoms with van der Waals surface area (Å²) in [6, 6.07) is 5.32. The summed E-state index contributed by atoms with van der Waals surface area (Å²) in [6.07, 6.45) is 1.89. The van der Waals surface area contributed by atoms with Crippen LogP contribution in [0.3, 0.4) is 0 Å². The van der Waals surface area contributed by atoms with E-state index in [1.165, 1.54) is 0 Å². The van der Waals surface area contributed by atoms with Gasteiger partial charge < -0.3 is 10.0 Å². The molecule has 17 heavy (non-hydrogen) atoms. The quantitative estimate of drug-likeness (QED) is 0.717. The van der Waals surface area contributed by atoms with Gasteiger partial charge in [-0.2, -0.15) is 0 Å². The lowest BCUT2D eigenvalue weighted by Crippen LogP contribution is -2.32. The zero-order valence-electron chi connectivity index (χ0n) is 9.74. The molecule has 0 saturated carbocycles. The zero-order valence-corrected chi connectivity index (χ0v) is 12.1. The predicted molar refractivity (Wildman–Crippen MR) is 76.5 cm³/mol. The Balaban J connectivity index is 0.000000171. The molecule has 0 aliphatic carbocycles. The molecular formula is C12H17Cl2NOS. The summed E-state index contributed by atoms with van der Waals surface area (Å²) in [4.78, 5) is 2.95. The molecule has 2 nitrogen and oxygen atoms in total. The minimum absolute atomic E-state index is 0.0220. The summed E-state index contributed by atoms with van der Waals surface area (Å²) < 4.78 is 0. The molecule has 0 unspecified atom stereocenters. The molecule has 1 aromatic carbocycles. The van der Waals surface area contributed by atoms with Crippen LogP contribution in [-0.2, 0) is 0 Å². The number of aliphatic hydroxyl groups is 1. The van der Waals surface area contributed by atoms with Crippen molar-refractivity contribution in [1.82, 2.24) is 4.90 Å². The van der Waals surface area contributed by atoms with Crippen LogP contribution < -0.4 is 0 Å². The van der Waals surface area contributed by atoms with Crippen molar-refractivity contribution in [2.75, 3.05) is 20.1 Å². The first-order chi connectivity index (χ1) is 8.00. The highest BCUT2D eigenvalue weighted by molar-refractivity contribution is 7.80. The van der Waals surface area contributed by atoms with Crippen LogP contribution in [0.5, 0.6) is 0 Å². The number of piperidine rings is 1. The van der Waals surface area contributed by atoms with Crippen LogP contribution in [-0.4, -0.2) is 36.2 Å². The van der Waals surface area contributed by atoms with Gasteiger partial charge in [0.05, 0.1) is 16.1 Å². The van der Waals surface area contributed by atoms with Crippen molar-refractivity contribution in [1.29, 1.82) is 0 Å². The highest BCUT2D eigenvalue weighted by Gasteiger charge is 2.12. The zero-order chi connectivity index (χ0) is 12.8. The number of thiol groups is 1. The first-order valence-corrected chi connectivity index (χ1v) is 6.70. The normalized spacial score (nSPS) is 17.5. The molecule has 1 aliphatic heterocycles. The van der Waals surface area contributed by atoms with Gasteiger partial charge in [0, 0.05) is 18.0 Å². The molecule has 1 heterocycles. The van der Waals surface area contributed by atoms with Crippen LogP contribution >= 0.6 is 35.8 Å². The molecule has 1 fully saturated rings. The highest BCUT2D eigenvalue weighted by Crippen LogP contribution is 2.27. The first-order valence-electron chi connectivity index (χ1n) is 5.50. The average Bonchev–Trinajstić information content (AvgIpc) is 2.31. The fraction of sp³-hybridized carbons (Fsp3) is 0.500. The second-order valence-corrected chi connectivity index (χ2v) is 5.37. The van der Waals surface area contributed by atoms with Crippen molar-refractivity contribution >= 4 is 35.8 Å². The van der Waals surface area contributed by atoms with E-state index >= 15 is 0 Å². The van der Waals surface area contributed by atoms with Gasteiger partial charge in [0.25, 0.3) is 0 Å². The SMILES string of the molecule is CN1CCC(O)CC1.Sc1cccc(Cl)c1Cl. The van der Waals surface area contributed by atoms with Crippen LogP contribution in [0.4, 0.5) is 0 Å². The maximum atomic E-state index is 9.00. The van der Waals surface area contributed by atoms with Crippen molar-refractivity contribution in [2.45, 2.75) is 23.8 Å². The van der Waals surface area contributed by atoms with Crippen LogP contribution in [0, 0.1) is 0 Å². The monoisotopic (exact) mass is 293 g/mol. The van der Waals surface area contributed by atoms with Crippen molar-refractivity contribution < 1.29 is 5.11 Å². The third kappa shape index (κ3) is 5.49. The van der Waals surface area contributed by atoms with E-state index < -0.39 is 0 Å². The largest absolute Gasteiger partial charge is 0.393 e. The van der Waals surface area contributed by atoms with E-state index in [0.717, 1.165) is 25.9 Å². The van der Waals surface area contributed by atoms with Gasteiger partial charge in [-0.1, -0.05) is 29.3 Å². The molecule has 1 aromatic rings. The van der Waals surface area contributed by atoms with Crippen molar-refractivity contribution in [2.24, 2.45) is 0 Å². The average molecular weight is 294 g/mol. The molecule has 5 heteroatoms.